The van der Waals surface area contributed by atoms with E-state index in [1.54, 1.807) is 19.2 Å². The van der Waals surface area contributed by atoms with Crippen LogP contribution < -0.4 is 5.32 Å². The Morgan fingerprint density at radius 1 is 1.21 bits per heavy atom. The van der Waals surface area contributed by atoms with E-state index in [0.29, 0.717) is 39.6 Å². The third-order valence-corrected chi connectivity index (χ3v) is 4.89. The zero-order valence-electron chi connectivity index (χ0n) is 17.4. The number of benzene rings is 1. The van der Waals surface area contributed by atoms with Gasteiger partial charge in [0.1, 0.15) is 0 Å². The van der Waals surface area contributed by atoms with Gasteiger partial charge >= 0.3 is 0 Å². The predicted octanol–water partition coefficient (Wildman–Crippen LogP) is 1.63. The molecule has 0 aromatic heterocycles. The number of nitrogens with zero attached hydrogens (tertiary/aromatic N) is 2. The molecule has 0 saturated carbocycles. The Bertz CT molecular complexity index is 603. The van der Waals surface area contributed by atoms with Crippen LogP contribution in [0.1, 0.15) is 18.0 Å². The van der Waals surface area contributed by atoms with Crippen LogP contribution in [0.4, 0.5) is 5.69 Å². The van der Waals surface area contributed by atoms with E-state index in [1.165, 1.54) is 6.07 Å². The molecule has 9 heteroatoms. The van der Waals surface area contributed by atoms with Crippen molar-refractivity contribution >= 4 is 5.69 Å². The van der Waals surface area contributed by atoms with E-state index < -0.39 is 0 Å². The molecule has 1 fully saturated rings. The highest BCUT2D eigenvalue weighted by Gasteiger charge is 2.25. The molecular weight excluding hydrogens is 378 g/mol. The van der Waals surface area contributed by atoms with Crippen molar-refractivity contribution in [3.63, 3.8) is 0 Å². The molecular formula is C20H33N3O6. The Morgan fingerprint density at radius 3 is 2.62 bits per heavy atom. The molecule has 2 atom stereocenters. The number of non-ortho nitro benzene ring substituents is 1. The van der Waals surface area contributed by atoms with Crippen molar-refractivity contribution in [1.29, 1.82) is 0 Å². The van der Waals surface area contributed by atoms with Crippen LogP contribution in [0.5, 0.6) is 0 Å². The van der Waals surface area contributed by atoms with Crippen LogP contribution in [0.3, 0.4) is 0 Å². The molecule has 2 rings (SSSR count). The highest BCUT2D eigenvalue weighted by molar-refractivity contribution is 5.36. The standard InChI is InChI=1S/C20H33N3O6/c1-21-20(17-4-3-5-18(14-17)23(24)25)16-22-7-6-19(15-22)29-13-12-28-11-10-27-9-8-26-2/h3-5,14,19-21H,6-13,15-16H2,1-2H3/t19-,20+/m0/s1. The average Bonchev–Trinajstić information content (AvgIpc) is 3.18. The Labute approximate surface area is 172 Å². The first-order chi connectivity index (χ1) is 14.1. The summed E-state index contributed by atoms with van der Waals surface area (Å²) in [6, 6.07) is 6.85. The number of methoxy groups -OCH3 is 1. The second-order valence-corrected chi connectivity index (χ2v) is 6.95. The molecule has 29 heavy (non-hydrogen) atoms. The quantitative estimate of drug-likeness (QED) is 0.264. The fraction of sp³-hybridized carbons (Fsp3) is 0.700. The lowest BCUT2D eigenvalue weighted by molar-refractivity contribution is -0.384. The van der Waals surface area contributed by atoms with Gasteiger partial charge in [-0.15, -0.1) is 0 Å². The fourth-order valence-electron chi connectivity index (χ4n) is 3.31. The van der Waals surface area contributed by atoms with Gasteiger partial charge in [-0.05, 0) is 19.0 Å². The van der Waals surface area contributed by atoms with Gasteiger partial charge in [0.15, 0.2) is 0 Å². The molecule has 164 valence electrons. The summed E-state index contributed by atoms with van der Waals surface area (Å²) in [5.41, 5.74) is 1.04. The Kier molecular flexibility index (Phi) is 11.1. The molecule has 1 saturated heterocycles. The van der Waals surface area contributed by atoms with E-state index in [-0.39, 0.29) is 22.8 Å². The van der Waals surface area contributed by atoms with E-state index in [0.717, 1.165) is 31.6 Å². The minimum absolute atomic E-state index is 0.0371. The summed E-state index contributed by atoms with van der Waals surface area (Å²) in [6.45, 7) is 6.00. The second kappa shape index (κ2) is 13.6. The maximum atomic E-state index is 11.0. The molecule has 9 nitrogen and oxygen atoms in total. The largest absolute Gasteiger partial charge is 0.382 e. The summed E-state index contributed by atoms with van der Waals surface area (Å²) in [7, 11) is 3.53. The van der Waals surface area contributed by atoms with Gasteiger partial charge < -0.3 is 24.3 Å². The molecule has 1 heterocycles. The summed E-state index contributed by atoms with van der Waals surface area (Å²) in [6.07, 6.45) is 1.17. The van der Waals surface area contributed by atoms with Crippen LogP contribution in [-0.2, 0) is 18.9 Å². The van der Waals surface area contributed by atoms with Crippen molar-refractivity contribution in [1.82, 2.24) is 10.2 Å². The van der Waals surface area contributed by atoms with Crippen molar-refractivity contribution in [3.05, 3.63) is 39.9 Å². The summed E-state index contributed by atoms with van der Waals surface area (Å²) >= 11 is 0. The minimum Gasteiger partial charge on any atom is -0.382 e. The minimum atomic E-state index is -0.357. The van der Waals surface area contributed by atoms with Gasteiger partial charge in [0.05, 0.1) is 50.7 Å². The molecule has 0 unspecified atom stereocenters. The Morgan fingerprint density at radius 2 is 1.93 bits per heavy atom. The number of nitro groups is 1. The lowest BCUT2D eigenvalue weighted by Crippen LogP contribution is -2.33. The van der Waals surface area contributed by atoms with Crippen molar-refractivity contribution in [2.45, 2.75) is 18.6 Å². The molecule has 1 aliphatic heterocycles. The van der Waals surface area contributed by atoms with Gasteiger partial charge in [0, 0.05) is 44.9 Å². The van der Waals surface area contributed by atoms with Gasteiger partial charge in [-0.25, -0.2) is 0 Å². The van der Waals surface area contributed by atoms with E-state index in [1.807, 2.05) is 13.1 Å². The van der Waals surface area contributed by atoms with Crippen molar-refractivity contribution < 1.29 is 23.9 Å². The average molecular weight is 411 g/mol. The Balaban J connectivity index is 1.63. The van der Waals surface area contributed by atoms with Crippen LogP contribution >= 0.6 is 0 Å². The monoisotopic (exact) mass is 411 g/mol. The van der Waals surface area contributed by atoms with Gasteiger partial charge in [0.25, 0.3) is 5.69 Å². The highest BCUT2D eigenvalue weighted by atomic mass is 16.6. The maximum Gasteiger partial charge on any atom is 0.269 e. The van der Waals surface area contributed by atoms with Crippen molar-refractivity contribution in [2.24, 2.45) is 0 Å². The van der Waals surface area contributed by atoms with E-state index in [2.05, 4.69) is 10.2 Å². The van der Waals surface area contributed by atoms with Crippen molar-refractivity contribution in [3.8, 4) is 0 Å². The second-order valence-electron chi connectivity index (χ2n) is 6.95. The van der Waals surface area contributed by atoms with Crippen LogP contribution in [0.15, 0.2) is 24.3 Å². The smallest absolute Gasteiger partial charge is 0.269 e. The van der Waals surface area contributed by atoms with Gasteiger partial charge in [0.2, 0.25) is 0 Å². The molecule has 0 bridgehead atoms. The molecule has 0 amide bonds. The molecule has 0 aliphatic carbocycles. The Hall–Kier alpha value is -1.62. The lowest BCUT2D eigenvalue weighted by Gasteiger charge is -2.23. The number of likely N-dealkylation sites (N-methyl/N-ethyl adjacent to an activating group) is 1. The molecule has 1 aromatic rings. The first kappa shape index (κ1) is 23.7. The van der Waals surface area contributed by atoms with Crippen LogP contribution in [-0.4, -0.2) is 89.4 Å². The molecule has 1 N–H and O–H groups in total. The third kappa shape index (κ3) is 8.73. The lowest BCUT2D eigenvalue weighted by atomic mass is 10.1. The zero-order chi connectivity index (χ0) is 20.9. The number of hydrogen-bond donors (Lipinski definition) is 1. The van der Waals surface area contributed by atoms with E-state index in [4.69, 9.17) is 18.9 Å². The highest BCUT2D eigenvalue weighted by Crippen LogP contribution is 2.22. The van der Waals surface area contributed by atoms with Crippen molar-refractivity contribution in [2.75, 3.05) is 73.4 Å². The number of nitrogens with one attached hydrogen (secondary N) is 1. The summed E-state index contributed by atoms with van der Waals surface area (Å²) in [5, 5.41) is 14.3. The summed E-state index contributed by atoms with van der Waals surface area (Å²) < 4.78 is 21.6. The molecule has 0 spiro atoms. The summed E-state index contributed by atoms with van der Waals surface area (Å²) in [5.74, 6) is 0. The number of nitro benzene ring substituents is 1. The molecule has 1 aliphatic rings. The van der Waals surface area contributed by atoms with Gasteiger partial charge in [-0.2, -0.15) is 0 Å². The number of rotatable bonds is 15. The van der Waals surface area contributed by atoms with Crippen LogP contribution in [0, 0.1) is 10.1 Å². The van der Waals surface area contributed by atoms with Gasteiger partial charge in [-0.3, -0.25) is 15.0 Å². The third-order valence-electron chi connectivity index (χ3n) is 4.89. The first-order valence-corrected chi connectivity index (χ1v) is 10.0. The predicted molar refractivity (Wildman–Crippen MR) is 109 cm³/mol. The van der Waals surface area contributed by atoms with E-state index in [9.17, 15) is 10.1 Å². The zero-order valence-corrected chi connectivity index (χ0v) is 17.4. The summed E-state index contributed by atoms with van der Waals surface area (Å²) in [4.78, 5) is 13.0. The van der Waals surface area contributed by atoms with Crippen LogP contribution in [0.2, 0.25) is 0 Å². The topological polar surface area (TPSA) is 95.3 Å². The van der Waals surface area contributed by atoms with E-state index >= 15 is 0 Å². The SMILES string of the molecule is CN[C@H](CN1CC[C@H](OCCOCCOCCOC)C1)c1cccc([N+](=O)[O-])c1. The molecule has 1 aromatic carbocycles. The number of likely N-dealkylation sites (tertiary alicyclic amines) is 1. The normalized spacial score (nSPS) is 18.2. The number of ether oxygens (including phenoxy) is 4. The fourth-order valence-corrected chi connectivity index (χ4v) is 3.31. The number of hydrogen-bond acceptors (Lipinski definition) is 8. The van der Waals surface area contributed by atoms with Crippen LogP contribution in [0.25, 0.3) is 0 Å². The first-order valence-electron chi connectivity index (χ1n) is 10.0. The van der Waals surface area contributed by atoms with Gasteiger partial charge in [-0.1, -0.05) is 12.1 Å². The maximum absolute atomic E-state index is 11.0. The molecule has 0 radical (unpaired) electrons.